The van der Waals surface area contributed by atoms with E-state index < -0.39 is 0 Å². The number of hydrogen-bond donors (Lipinski definition) is 0. The summed E-state index contributed by atoms with van der Waals surface area (Å²) < 4.78 is 6.73. The molecule has 4 rings (SSSR count). The second kappa shape index (κ2) is 5.94. The minimum Gasteiger partial charge on any atom is -0.465 e. The summed E-state index contributed by atoms with van der Waals surface area (Å²) in [7, 11) is 0. The topological polar surface area (TPSA) is 61.2 Å². The van der Waals surface area contributed by atoms with Crippen LogP contribution in [0.3, 0.4) is 0 Å². The zero-order valence-corrected chi connectivity index (χ0v) is 14.6. The molecule has 1 aliphatic carbocycles. The summed E-state index contributed by atoms with van der Waals surface area (Å²) in [6.07, 6.45) is 5.06. The molecule has 3 heterocycles. The van der Waals surface area contributed by atoms with E-state index in [-0.39, 0.29) is 16.8 Å². The molecule has 0 N–H and O–H groups in total. The average molecular weight is 350 g/mol. The standard InChI is InChI=1S/C16H18N2O3S2/c1-2-18-14(19)12-9-5-3-4-6-10(9)22-13(12)17-16(18)23-11-7-8-21-15(11)20/h11H,2-8H2,1H3/t11-/m1/s1. The predicted octanol–water partition coefficient (Wildman–Crippen LogP) is 2.76. The molecule has 5 nitrogen and oxygen atoms in total. The van der Waals surface area contributed by atoms with Crippen molar-refractivity contribution in [1.29, 1.82) is 0 Å². The van der Waals surface area contributed by atoms with E-state index in [2.05, 4.69) is 0 Å². The number of ether oxygens (including phenoxy) is 1. The Morgan fingerprint density at radius 2 is 2.17 bits per heavy atom. The lowest BCUT2D eigenvalue weighted by atomic mass is 9.97. The molecule has 0 radical (unpaired) electrons. The van der Waals surface area contributed by atoms with Crippen molar-refractivity contribution >= 4 is 39.3 Å². The average Bonchev–Trinajstić information content (AvgIpc) is 3.11. The number of fused-ring (bicyclic) bond motifs is 3. The summed E-state index contributed by atoms with van der Waals surface area (Å²) in [6, 6.07) is 0. The highest BCUT2D eigenvalue weighted by Gasteiger charge is 2.30. The molecule has 2 aromatic rings. The van der Waals surface area contributed by atoms with Crippen molar-refractivity contribution in [1.82, 2.24) is 9.55 Å². The lowest BCUT2D eigenvalue weighted by molar-refractivity contribution is -0.137. The fraction of sp³-hybridized carbons (Fsp3) is 0.562. The Balaban J connectivity index is 1.84. The van der Waals surface area contributed by atoms with Crippen molar-refractivity contribution < 1.29 is 9.53 Å². The van der Waals surface area contributed by atoms with Crippen molar-refractivity contribution in [3.8, 4) is 0 Å². The molecule has 1 atom stereocenters. The number of rotatable bonds is 3. The van der Waals surface area contributed by atoms with Gasteiger partial charge in [0.2, 0.25) is 0 Å². The number of hydrogen-bond acceptors (Lipinski definition) is 6. The van der Waals surface area contributed by atoms with Crippen LogP contribution in [0.25, 0.3) is 10.2 Å². The van der Waals surface area contributed by atoms with Gasteiger partial charge in [-0.2, -0.15) is 0 Å². The van der Waals surface area contributed by atoms with Gasteiger partial charge in [0.05, 0.1) is 12.0 Å². The number of nitrogens with zero attached hydrogens (tertiary/aromatic N) is 2. The molecule has 2 aromatic heterocycles. The molecule has 0 amide bonds. The van der Waals surface area contributed by atoms with Crippen LogP contribution in [-0.2, 0) is 28.9 Å². The molecular formula is C16H18N2O3S2. The third-order valence-electron chi connectivity index (χ3n) is 4.49. The van der Waals surface area contributed by atoms with Gasteiger partial charge >= 0.3 is 5.97 Å². The van der Waals surface area contributed by atoms with E-state index >= 15 is 0 Å². The highest BCUT2D eigenvalue weighted by atomic mass is 32.2. The number of thiophene rings is 1. The summed E-state index contributed by atoms with van der Waals surface area (Å²) in [5.41, 5.74) is 1.26. The summed E-state index contributed by atoms with van der Waals surface area (Å²) >= 11 is 3.02. The van der Waals surface area contributed by atoms with Gasteiger partial charge in [0, 0.05) is 17.8 Å². The molecule has 23 heavy (non-hydrogen) atoms. The Labute approximate surface area is 142 Å². The number of thioether (sulfide) groups is 1. The molecule has 0 saturated carbocycles. The molecule has 1 aliphatic heterocycles. The minimum atomic E-state index is -0.244. The first-order valence-corrected chi connectivity index (χ1v) is 9.77. The van der Waals surface area contributed by atoms with Gasteiger partial charge in [-0.1, -0.05) is 11.8 Å². The van der Waals surface area contributed by atoms with Crippen molar-refractivity contribution in [2.45, 2.75) is 56.0 Å². The van der Waals surface area contributed by atoms with Crippen LogP contribution in [0.4, 0.5) is 0 Å². The Morgan fingerprint density at radius 1 is 1.35 bits per heavy atom. The summed E-state index contributed by atoms with van der Waals surface area (Å²) in [5, 5.41) is 1.21. The lowest BCUT2D eigenvalue weighted by Crippen LogP contribution is -2.24. The lowest BCUT2D eigenvalue weighted by Gasteiger charge is -2.13. The zero-order valence-electron chi connectivity index (χ0n) is 13.0. The summed E-state index contributed by atoms with van der Waals surface area (Å²) in [6.45, 7) is 2.98. The Morgan fingerprint density at radius 3 is 2.91 bits per heavy atom. The van der Waals surface area contributed by atoms with Crippen molar-refractivity contribution in [3.63, 3.8) is 0 Å². The van der Waals surface area contributed by atoms with Crippen molar-refractivity contribution in [2.24, 2.45) is 0 Å². The highest BCUT2D eigenvalue weighted by Crippen LogP contribution is 2.36. The Bertz CT molecular complexity index is 840. The fourth-order valence-corrected chi connectivity index (χ4v) is 5.73. The number of carbonyl (C=O) groups excluding carboxylic acids is 1. The quantitative estimate of drug-likeness (QED) is 0.629. The molecule has 7 heteroatoms. The second-order valence-electron chi connectivity index (χ2n) is 5.90. The van der Waals surface area contributed by atoms with Crippen LogP contribution in [0.15, 0.2) is 9.95 Å². The van der Waals surface area contributed by atoms with Crippen LogP contribution in [-0.4, -0.2) is 27.4 Å². The van der Waals surface area contributed by atoms with Crippen LogP contribution < -0.4 is 5.56 Å². The molecule has 0 spiro atoms. The van der Waals surface area contributed by atoms with Gasteiger partial charge in [0.15, 0.2) is 5.16 Å². The number of esters is 1. The maximum atomic E-state index is 13.0. The summed E-state index contributed by atoms with van der Waals surface area (Å²) in [4.78, 5) is 31.6. The maximum Gasteiger partial charge on any atom is 0.319 e. The van der Waals surface area contributed by atoms with Crippen molar-refractivity contribution in [2.75, 3.05) is 6.61 Å². The van der Waals surface area contributed by atoms with E-state index in [4.69, 9.17) is 9.72 Å². The highest BCUT2D eigenvalue weighted by molar-refractivity contribution is 8.00. The normalized spacial score (nSPS) is 20.7. The number of carbonyl (C=O) groups is 1. The maximum absolute atomic E-state index is 13.0. The van der Waals surface area contributed by atoms with E-state index in [0.29, 0.717) is 24.7 Å². The van der Waals surface area contributed by atoms with Crippen LogP contribution in [0, 0.1) is 0 Å². The van der Waals surface area contributed by atoms with E-state index in [1.165, 1.54) is 28.6 Å². The molecule has 122 valence electrons. The molecular weight excluding hydrogens is 332 g/mol. The van der Waals surface area contributed by atoms with Gasteiger partial charge in [-0.25, -0.2) is 4.98 Å². The van der Waals surface area contributed by atoms with Gasteiger partial charge in [-0.3, -0.25) is 14.2 Å². The molecule has 0 aromatic carbocycles. The molecule has 0 unspecified atom stereocenters. The first kappa shape index (κ1) is 15.2. The SMILES string of the molecule is CCn1c(S[C@@H]2CCOC2=O)nc2sc3c(c2c1=O)CCCC3. The fourth-order valence-electron chi connectivity index (χ4n) is 3.30. The smallest absolute Gasteiger partial charge is 0.319 e. The van der Waals surface area contributed by atoms with E-state index in [9.17, 15) is 9.59 Å². The minimum absolute atomic E-state index is 0.0470. The first-order valence-electron chi connectivity index (χ1n) is 8.07. The van der Waals surface area contributed by atoms with Gasteiger partial charge in [0.25, 0.3) is 5.56 Å². The van der Waals surface area contributed by atoms with Crippen LogP contribution in [0.2, 0.25) is 0 Å². The van der Waals surface area contributed by atoms with Crippen molar-refractivity contribution in [3.05, 3.63) is 20.8 Å². The van der Waals surface area contributed by atoms with E-state index in [1.54, 1.807) is 15.9 Å². The first-order chi connectivity index (χ1) is 11.2. The largest absolute Gasteiger partial charge is 0.465 e. The molecule has 2 aliphatic rings. The predicted molar refractivity (Wildman–Crippen MR) is 91.4 cm³/mol. The number of aryl methyl sites for hydroxylation is 2. The van der Waals surface area contributed by atoms with Crippen LogP contribution in [0.1, 0.15) is 36.6 Å². The molecule has 1 saturated heterocycles. The Kier molecular flexibility index (Phi) is 3.93. The van der Waals surface area contributed by atoms with Gasteiger partial charge in [0.1, 0.15) is 10.1 Å². The number of cyclic esters (lactones) is 1. The van der Waals surface area contributed by atoms with Gasteiger partial charge < -0.3 is 4.74 Å². The van der Waals surface area contributed by atoms with E-state index in [0.717, 1.165) is 29.5 Å². The second-order valence-corrected chi connectivity index (χ2v) is 8.15. The van der Waals surface area contributed by atoms with Crippen LogP contribution >= 0.6 is 23.1 Å². The third-order valence-corrected chi connectivity index (χ3v) is 6.91. The number of aromatic nitrogens is 2. The molecule has 1 fully saturated rings. The monoisotopic (exact) mass is 350 g/mol. The van der Waals surface area contributed by atoms with E-state index in [1.807, 2.05) is 6.92 Å². The van der Waals surface area contributed by atoms with Gasteiger partial charge in [-0.15, -0.1) is 11.3 Å². The van der Waals surface area contributed by atoms with Gasteiger partial charge in [-0.05, 0) is 38.2 Å². The zero-order chi connectivity index (χ0) is 16.0. The third kappa shape index (κ3) is 2.50. The summed E-state index contributed by atoms with van der Waals surface area (Å²) in [5.74, 6) is -0.197. The van der Waals surface area contributed by atoms with Crippen LogP contribution in [0.5, 0.6) is 0 Å². The Hall–Kier alpha value is -1.34. The molecule has 0 bridgehead atoms.